The highest BCUT2D eigenvalue weighted by atomic mass is 16.5. The lowest BCUT2D eigenvalue weighted by Gasteiger charge is -2.26. The maximum atomic E-state index is 12.6. The SMILES string of the molecule is COC(=O)CN(C(=O)c1cccc(N)c1OC)C(C)C. The van der Waals surface area contributed by atoms with Crippen LogP contribution in [0.25, 0.3) is 0 Å². The maximum Gasteiger partial charge on any atom is 0.325 e. The van der Waals surface area contributed by atoms with Gasteiger partial charge in [-0.05, 0) is 26.0 Å². The molecule has 0 radical (unpaired) electrons. The number of nitrogens with two attached hydrogens (primary N) is 1. The lowest BCUT2D eigenvalue weighted by molar-refractivity contribution is -0.141. The Labute approximate surface area is 118 Å². The molecule has 1 aromatic rings. The summed E-state index contributed by atoms with van der Waals surface area (Å²) < 4.78 is 9.78. The maximum absolute atomic E-state index is 12.6. The quantitative estimate of drug-likeness (QED) is 0.649. The molecule has 0 unspecified atom stereocenters. The minimum Gasteiger partial charge on any atom is -0.494 e. The average molecular weight is 280 g/mol. The standard InChI is InChI=1S/C14H20N2O4/c1-9(2)16(8-12(17)19-3)14(18)10-6-5-7-11(15)13(10)20-4/h5-7,9H,8,15H2,1-4H3. The van der Waals surface area contributed by atoms with Crippen LogP contribution in [0.5, 0.6) is 5.75 Å². The van der Waals surface area contributed by atoms with Crippen LogP contribution in [0.1, 0.15) is 24.2 Å². The first kappa shape index (κ1) is 15.8. The number of rotatable bonds is 5. The van der Waals surface area contributed by atoms with Crippen molar-refractivity contribution in [2.24, 2.45) is 0 Å². The molecule has 1 rings (SSSR count). The molecule has 0 heterocycles. The highest BCUT2D eigenvalue weighted by Crippen LogP contribution is 2.27. The van der Waals surface area contributed by atoms with Gasteiger partial charge in [-0.1, -0.05) is 6.07 Å². The van der Waals surface area contributed by atoms with Gasteiger partial charge in [-0.25, -0.2) is 0 Å². The number of nitrogen functional groups attached to an aromatic ring is 1. The van der Waals surface area contributed by atoms with Gasteiger partial charge in [0.2, 0.25) is 0 Å². The lowest BCUT2D eigenvalue weighted by atomic mass is 10.1. The fourth-order valence-electron chi connectivity index (χ4n) is 1.80. The zero-order chi connectivity index (χ0) is 15.3. The van der Waals surface area contributed by atoms with E-state index in [1.807, 2.05) is 13.8 Å². The van der Waals surface area contributed by atoms with Gasteiger partial charge in [-0.15, -0.1) is 0 Å². The van der Waals surface area contributed by atoms with E-state index < -0.39 is 5.97 Å². The second-order valence-corrected chi connectivity index (χ2v) is 4.53. The van der Waals surface area contributed by atoms with Crippen LogP contribution in [0, 0.1) is 0 Å². The summed E-state index contributed by atoms with van der Waals surface area (Å²) >= 11 is 0. The molecule has 0 aromatic heterocycles. The van der Waals surface area contributed by atoms with Crippen molar-refractivity contribution in [3.05, 3.63) is 23.8 Å². The Morgan fingerprint density at radius 2 is 1.95 bits per heavy atom. The van der Waals surface area contributed by atoms with E-state index in [9.17, 15) is 9.59 Å². The summed E-state index contributed by atoms with van der Waals surface area (Å²) in [5.74, 6) is -0.488. The zero-order valence-corrected chi connectivity index (χ0v) is 12.2. The van der Waals surface area contributed by atoms with Gasteiger partial charge in [0.15, 0.2) is 5.75 Å². The van der Waals surface area contributed by atoms with E-state index >= 15 is 0 Å². The van der Waals surface area contributed by atoms with Crippen molar-refractivity contribution in [1.29, 1.82) is 0 Å². The normalized spacial score (nSPS) is 10.2. The molecule has 2 N–H and O–H groups in total. The van der Waals surface area contributed by atoms with Gasteiger partial charge in [0.05, 0.1) is 25.5 Å². The van der Waals surface area contributed by atoms with Crippen molar-refractivity contribution in [3.63, 3.8) is 0 Å². The molecule has 0 fully saturated rings. The van der Waals surface area contributed by atoms with Crippen LogP contribution < -0.4 is 10.5 Å². The molecule has 20 heavy (non-hydrogen) atoms. The number of esters is 1. The molecule has 0 saturated heterocycles. The van der Waals surface area contributed by atoms with Gasteiger partial charge in [-0.3, -0.25) is 9.59 Å². The number of amides is 1. The Hall–Kier alpha value is -2.24. The third-order valence-corrected chi connectivity index (χ3v) is 2.89. The monoisotopic (exact) mass is 280 g/mol. The fraction of sp³-hybridized carbons (Fsp3) is 0.429. The molecule has 1 aromatic carbocycles. The van der Waals surface area contributed by atoms with Crippen LogP contribution in [0.15, 0.2) is 18.2 Å². The number of anilines is 1. The summed E-state index contributed by atoms with van der Waals surface area (Å²) in [7, 11) is 2.73. The molecule has 0 aliphatic heterocycles. The molecule has 0 saturated carbocycles. The average Bonchev–Trinajstić information content (AvgIpc) is 2.43. The fourth-order valence-corrected chi connectivity index (χ4v) is 1.80. The molecule has 110 valence electrons. The van der Waals surface area contributed by atoms with Gasteiger partial charge in [-0.2, -0.15) is 0 Å². The number of ether oxygens (including phenoxy) is 2. The Kier molecular flexibility index (Phi) is 5.37. The summed E-state index contributed by atoms with van der Waals surface area (Å²) in [6.45, 7) is 3.52. The number of carbonyl (C=O) groups excluding carboxylic acids is 2. The molecule has 0 aliphatic rings. The van der Waals surface area contributed by atoms with E-state index in [2.05, 4.69) is 4.74 Å². The number of carbonyl (C=O) groups is 2. The van der Waals surface area contributed by atoms with Crippen molar-refractivity contribution >= 4 is 17.6 Å². The number of nitrogens with zero attached hydrogens (tertiary/aromatic N) is 1. The van der Waals surface area contributed by atoms with Crippen LogP contribution in [0.2, 0.25) is 0 Å². The molecular formula is C14H20N2O4. The van der Waals surface area contributed by atoms with Crippen LogP contribution in [-0.2, 0) is 9.53 Å². The zero-order valence-electron chi connectivity index (χ0n) is 12.2. The number of benzene rings is 1. The minimum atomic E-state index is -0.477. The topological polar surface area (TPSA) is 81.9 Å². The van der Waals surface area contributed by atoms with Gasteiger partial charge in [0.1, 0.15) is 6.54 Å². The predicted octanol–water partition coefficient (Wildman–Crippen LogP) is 1.30. The van der Waals surface area contributed by atoms with Crippen molar-refractivity contribution in [2.75, 3.05) is 26.5 Å². The van der Waals surface area contributed by atoms with Crippen LogP contribution in [0.4, 0.5) is 5.69 Å². The van der Waals surface area contributed by atoms with E-state index in [0.717, 1.165) is 0 Å². The Bertz CT molecular complexity index is 500. The highest BCUT2D eigenvalue weighted by molar-refractivity contribution is 6.00. The summed E-state index contributed by atoms with van der Waals surface area (Å²) in [6.07, 6.45) is 0. The van der Waals surface area contributed by atoms with Crippen LogP contribution in [-0.4, -0.2) is 43.6 Å². The molecule has 0 atom stereocenters. The van der Waals surface area contributed by atoms with Crippen molar-refractivity contribution in [3.8, 4) is 5.75 Å². The highest BCUT2D eigenvalue weighted by Gasteiger charge is 2.25. The second kappa shape index (κ2) is 6.79. The van der Waals surface area contributed by atoms with Crippen molar-refractivity contribution < 1.29 is 19.1 Å². The first-order valence-corrected chi connectivity index (χ1v) is 6.22. The Morgan fingerprint density at radius 3 is 2.45 bits per heavy atom. The minimum absolute atomic E-state index is 0.120. The molecule has 6 heteroatoms. The molecular weight excluding hydrogens is 260 g/mol. The van der Waals surface area contributed by atoms with Crippen molar-refractivity contribution in [1.82, 2.24) is 4.90 Å². The largest absolute Gasteiger partial charge is 0.494 e. The van der Waals surface area contributed by atoms with Crippen LogP contribution in [0.3, 0.4) is 0 Å². The second-order valence-electron chi connectivity index (χ2n) is 4.53. The van der Waals surface area contributed by atoms with E-state index in [1.165, 1.54) is 19.1 Å². The van der Waals surface area contributed by atoms with E-state index in [4.69, 9.17) is 10.5 Å². The van der Waals surface area contributed by atoms with Crippen molar-refractivity contribution in [2.45, 2.75) is 19.9 Å². The predicted molar refractivity (Wildman–Crippen MR) is 75.6 cm³/mol. The third kappa shape index (κ3) is 3.40. The smallest absolute Gasteiger partial charge is 0.325 e. The number of methoxy groups -OCH3 is 2. The van der Waals surface area contributed by atoms with Gasteiger partial charge >= 0.3 is 5.97 Å². The lowest BCUT2D eigenvalue weighted by Crippen LogP contribution is -2.41. The first-order valence-electron chi connectivity index (χ1n) is 6.22. The summed E-state index contributed by atoms with van der Waals surface area (Å²) in [6, 6.07) is 4.77. The first-order chi connectivity index (χ1) is 9.42. The number of hydrogen-bond acceptors (Lipinski definition) is 5. The Balaban J connectivity index is 3.13. The Morgan fingerprint density at radius 1 is 1.30 bits per heavy atom. The number of para-hydroxylation sites is 1. The van der Waals surface area contributed by atoms with E-state index in [-0.39, 0.29) is 18.5 Å². The summed E-state index contributed by atoms with van der Waals surface area (Å²) in [4.78, 5) is 25.4. The van der Waals surface area contributed by atoms with Crippen LogP contribution >= 0.6 is 0 Å². The molecule has 0 aliphatic carbocycles. The summed E-state index contributed by atoms with van der Waals surface area (Å²) in [5.41, 5.74) is 6.49. The van der Waals surface area contributed by atoms with E-state index in [0.29, 0.717) is 17.0 Å². The van der Waals surface area contributed by atoms with Gasteiger partial charge < -0.3 is 20.1 Å². The van der Waals surface area contributed by atoms with Gasteiger partial charge in [0, 0.05) is 6.04 Å². The molecule has 0 bridgehead atoms. The number of hydrogen-bond donors (Lipinski definition) is 1. The van der Waals surface area contributed by atoms with E-state index in [1.54, 1.807) is 18.2 Å². The van der Waals surface area contributed by atoms with Gasteiger partial charge in [0.25, 0.3) is 5.91 Å². The summed E-state index contributed by atoms with van der Waals surface area (Å²) in [5, 5.41) is 0. The third-order valence-electron chi connectivity index (χ3n) is 2.89. The molecule has 0 spiro atoms. The molecule has 6 nitrogen and oxygen atoms in total. The molecule has 1 amide bonds.